The number of fused-ring (bicyclic) bond motifs is 1. The molecule has 7 nitrogen and oxygen atoms in total. The van der Waals surface area contributed by atoms with Gasteiger partial charge in [0, 0.05) is 5.56 Å². The number of nitro groups is 1. The van der Waals surface area contributed by atoms with Crippen molar-refractivity contribution in [1.82, 2.24) is 9.97 Å². The summed E-state index contributed by atoms with van der Waals surface area (Å²) in [6.07, 6.45) is 0. The van der Waals surface area contributed by atoms with Crippen LogP contribution in [-0.4, -0.2) is 20.0 Å². The van der Waals surface area contributed by atoms with Crippen LogP contribution in [0.2, 0.25) is 0 Å². The highest BCUT2D eigenvalue weighted by Crippen LogP contribution is 2.39. The molecule has 0 aliphatic carbocycles. The van der Waals surface area contributed by atoms with Crippen molar-refractivity contribution in [2.75, 3.05) is 0 Å². The first kappa shape index (κ1) is 14.7. The Labute approximate surface area is 130 Å². The molecular weight excluding hydrogens is 298 g/mol. The topological polar surface area (TPSA) is 109 Å². The number of H-pyrrole nitrogens is 1. The van der Waals surface area contributed by atoms with Gasteiger partial charge in [-0.05, 0) is 37.6 Å². The van der Waals surface area contributed by atoms with Gasteiger partial charge in [0.25, 0.3) is 5.56 Å². The third-order valence-electron chi connectivity index (χ3n) is 3.84. The summed E-state index contributed by atoms with van der Waals surface area (Å²) in [5.74, 6) is -0.408. The van der Waals surface area contributed by atoms with E-state index in [4.69, 9.17) is 0 Å². The lowest BCUT2D eigenvalue weighted by Gasteiger charge is -2.10. The second-order valence-corrected chi connectivity index (χ2v) is 5.25. The molecule has 1 aromatic heterocycles. The Bertz CT molecular complexity index is 1010. The Balaban J connectivity index is 2.35. The fourth-order valence-corrected chi connectivity index (χ4v) is 2.50. The van der Waals surface area contributed by atoms with Crippen molar-refractivity contribution in [2.24, 2.45) is 0 Å². The molecule has 7 heteroatoms. The third-order valence-corrected chi connectivity index (χ3v) is 3.84. The predicted octanol–water partition coefficient (Wildman–Crippen LogP) is 2.82. The summed E-state index contributed by atoms with van der Waals surface area (Å²) in [6.45, 7) is 3.26. The van der Waals surface area contributed by atoms with Gasteiger partial charge in [-0.2, -0.15) is 0 Å². The first-order chi connectivity index (χ1) is 10.9. The Hall–Kier alpha value is -3.22. The van der Waals surface area contributed by atoms with Crippen LogP contribution < -0.4 is 5.56 Å². The second kappa shape index (κ2) is 5.20. The van der Waals surface area contributed by atoms with Gasteiger partial charge in [-0.3, -0.25) is 14.9 Å². The van der Waals surface area contributed by atoms with Gasteiger partial charge in [0.15, 0.2) is 0 Å². The molecule has 116 valence electrons. The number of aromatic hydroxyl groups is 1. The number of nitrogens with one attached hydrogen (secondary N) is 1. The summed E-state index contributed by atoms with van der Waals surface area (Å²) in [7, 11) is 0. The molecule has 0 atom stereocenters. The summed E-state index contributed by atoms with van der Waals surface area (Å²) in [5, 5.41) is 21.9. The Kier molecular flexibility index (Phi) is 3.33. The van der Waals surface area contributed by atoms with E-state index >= 15 is 0 Å². The van der Waals surface area contributed by atoms with Crippen molar-refractivity contribution >= 4 is 16.6 Å². The van der Waals surface area contributed by atoms with E-state index in [9.17, 15) is 20.0 Å². The molecule has 0 aliphatic rings. The number of hydrogen-bond acceptors (Lipinski definition) is 5. The SMILES string of the molecule is Cc1cc(-c2nc3ccccc3c(=O)[nH]2)c(O)c([N+](=O)[O-])c1C. The summed E-state index contributed by atoms with van der Waals surface area (Å²) < 4.78 is 0. The Morgan fingerprint density at radius 3 is 2.65 bits per heavy atom. The van der Waals surface area contributed by atoms with Crippen LogP contribution in [0, 0.1) is 24.0 Å². The van der Waals surface area contributed by atoms with Crippen LogP contribution in [-0.2, 0) is 0 Å². The standard InChI is InChI=1S/C16H13N3O4/c1-8-7-11(14(20)13(9(8)2)19(22)23)15-17-12-6-4-3-5-10(12)16(21)18-15/h3-7,20H,1-2H3,(H,17,18,21). The quantitative estimate of drug-likeness (QED) is 0.558. The van der Waals surface area contributed by atoms with E-state index in [1.165, 1.54) is 0 Å². The molecule has 0 amide bonds. The average molecular weight is 311 g/mol. The molecule has 3 rings (SSSR count). The number of aryl methyl sites for hydroxylation is 1. The lowest BCUT2D eigenvalue weighted by Crippen LogP contribution is -2.10. The zero-order chi connectivity index (χ0) is 16.7. The number of nitro benzene ring substituents is 1. The minimum atomic E-state index is -0.639. The number of phenolic OH excluding ortho intramolecular Hbond substituents is 1. The van der Waals surface area contributed by atoms with Crippen LogP contribution >= 0.6 is 0 Å². The van der Waals surface area contributed by atoms with Gasteiger partial charge in [-0.25, -0.2) is 4.98 Å². The van der Waals surface area contributed by atoms with E-state index in [2.05, 4.69) is 9.97 Å². The van der Waals surface area contributed by atoms with E-state index in [0.717, 1.165) is 0 Å². The normalized spacial score (nSPS) is 10.9. The van der Waals surface area contributed by atoms with Crippen molar-refractivity contribution < 1.29 is 10.0 Å². The summed E-state index contributed by atoms with van der Waals surface area (Å²) in [6, 6.07) is 8.33. The van der Waals surface area contributed by atoms with Gasteiger partial charge < -0.3 is 10.1 Å². The number of benzene rings is 2. The molecule has 0 bridgehead atoms. The monoisotopic (exact) mass is 311 g/mol. The largest absolute Gasteiger partial charge is 0.502 e. The van der Waals surface area contributed by atoms with Crippen LogP contribution in [0.4, 0.5) is 5.69 Å². The number of hydrogen-bond donors (Lipinski definition) is 2. The van der Waals surface area contributed by atoms with E-state index in [-0.39, 0.29) is 22.6 Å². The van der Waals surface area contributed by atoms with Crippen molar-refractivity contribution in [3.8, 4) is 17.1 Å². The molecule has 0 unspecified atom stereocenters. The highest BCUT2D eigenvalue weighted by Gasteiger charge is 2.24. The molecule has 23 heavy (non-hydrogen) atoms. The van der Waals surface area contributed by atoms with Gasteiger partial charge >= 0.3 is 5.69 Å². The summed E-state index contributed by atoms with van der Waals surface area (Å²) in [4.78, 5) is 29.6. The summed E-state index contributed by atoms with van der Waals surface area (Å²) >= 11 is 0. The molecule has 2 aromatic carbocycles. The van der Waals surface area contributed by atoms with Gasteiger partial charge in [0.2, 0.25) is 5.75 Å². The van der Waals surface area contributed by atoms with Gasteiger partial charge in [0.1, 0.15) is 5.82 Å². The van der Waals surface area contributed by atoms with E-state index in [0.29, 0.717) is 22.0 Å². The van der Waals surface area contributed by atoms with Crippen LogP contribution in [0.1, 0.15) is 11.1 Å². The van der Waals surface area contributed by atoms with E-state index < -0.39 is 10.7 Å². The number of para-hydroxylation sites is 1. The maximum absolute atomic E-state index is 12.1. The predicted molar refractivity (Wildman–Crippen MR) is 85.6 cm³/mol. The number of aromatic nitrogens is 2. The maximum atomic E-state index is 12.1. The van der Waals surface area contributed by atoms with E-state index in [1.54, 1.807) is 44.2 Å². The van der Waals surface area contributed by atoms with E-state index in [1.807, 2.05) is 0 Å². The lowest BCUT2D eigenvalue weighted by molar-refractivity contribution is -0.386. The first-order valence-electron chi connectivity index (χ1n) is 6.87. The minimum absolute atomic E-state index is 0.0948. The van der Waals surface area contributed by atoms with Crippen LogP contribution in [0.15, 0.2) is 35.1 Å². The molecule has 3 aromatic rings. The molecule has 0 saturated carbocycles. The zero-order valence-corrected chi connectivity index (χ0v) is 12.5. The molecule has 0 aliphatic heterocycles. The Morgan fingerprint density at radius 1 is 1.26 bits per heavy atom. The van der Waals surface area contributed by atoms with Crippen LogP contribution in [0.3, 0.4) is 0 Å². The molecule has 2 N–H and O–H groups in total. The fourth-order valence-electron chi connectivity index (χ4n) is 2.50. The van der Waals surface area contributed by atoms with Crippen molar-refractivity contribution in [3.05, 3.63) is 61.9 Å². The number of phenols is 1. The maximum Gasteiger partial charge on any atom is 0.314 e. The van der Waals surface area contributed by atoms with Gasteiger partial charge in [0.05, 0.1) is 21.4 Å². The molecule has 0 fully saturated rings. The molecule has 0 saturated heterocycles. The highest BCUT2D eigenvalue weighted by molar-refractivity contribution is 5.81. The van der Waals surface area contributed by atoms with Gasteiger partial charge in [-0.1, -0.05) is 12.1 Å². The first-order valence-corrected chi connectivity index (χ1v) is 6.87. The minimum Gasteiger partial charge on any atom is -0.502 e. The van der Waals surface area contributed by atoms with Crippen LogP contribution in [0.25, 0.3) is 22.3 Å². The number of nitrogens with zero attached hydrogens (tertiary/aromatic N) is 2. The van der Waals surface area contributed by atoms with Crippen LogP contribution in [0.5, 0.6) is 5.75 Å². The Morgan fingerprint density at radius 2 is 1.96 bits per heavy atom. The average Bonchev–Trinajstić information content (AvgIpc) is 2.50. The molecule has 0 radical (unpaired) electrons. The molecule has 1 heterocycles. The summed E-state index contributed by atoms with van der Waals surface area (Å²) in [5.41, 5.74) is 0.829. The van der Waals surface area contributed by atoms with Gasteiger partial charge in [-0.15, -0.1) is 0 Å². The van der Waals surface area contributed by atoms with Crippen molar-refractivity contribution in [3.63, 3.8) is 0 Å². The van der Waals surface area contributed by atoms with Crippen molar-refractivity contribution in [1.29, 1.82) is 0 Å². The van der Waals surface area contributed by atoms with Crippen molar-refractivity contribution in [2.45, 2.75) is 13.8 Å². The second-order valence-electron chi connectivity index (χ2n) is 5.25. The number of rotatable bonds is 2. The molecular formula is C16H13N3O4. The molecule has 0 spiro atoms. The smallest absolute Gasteiger partial charge is 0.314 e. The fraction of sp³-hybridized carbons (Fsp3) is 0.125. The zero-order valence-electron chi connectivity index (χ0n) is 12.5. The highest BCUT2D eigenvalue weighted by atomic mass is 16.6. The lowest BCUT2D eigenvalue weighted by atomic mass is 10.0. The number of aromatic amines is 1. The third kappa shape index (κ3) is 2.32.